The summed E-state index contributed by atoms with van der Waals surface area (Å²) in [5, 5.41) is 27.2. The van der Waals surface area contributed by atoms with E-state index < -0.39 is 0 Å². The van der Waals surface area contributed by atoms with Crippen LogP contribution in [0.3, 0.4) is 0 Å². The average molecular weight is 489 g/mol. The third-order valence-corrected chi connectivity index (χ3v) is 6.73. The highest BCUT2D eigenvalue weighted by Crippen LogP contribution is 2.30. The van der Waals surface area contributed by atoms with Crippen LogP contribution in [0.15, 0.2) is 36.8 Å². The molecular formula is C14H17ClN10S4. The van der Waals surface area contributed by atoms with Gasteiger partial charge in [0.15, 0.2) is 8.68 Å². The van der Waals surface area contributed by atoms with Crippen molar-refractivity contribution >= 4 is 57.8 Å². The highest BCUT2D eigenvalue weighted by molar-refractivity contribution is 8.01. The molecular weight excluding hydrogens is 472 g/mol. The van der Waals surface area contributed by atoms with Gasteiger partial charge in [0.05, 0.1) is 18.3 Å². The molecule has 0 N–H and O–H groups in total. The number of hydrogen-bond donors (Lipinski definition) is 0. The van der Waals surface area contributed by atoms with Crippen molar-refractivity contribution in [2.45, 2.75) is 58.8 Å². The van der Waals surface area contributed by atoms with Gasteiger partial charge in [-0.15, -0.1) is 31.7 Å². The van der Waals surface area contributed by atoms with Crippen molar-refractivity contribution in [3.8, 4) is 0 Å². The predicted molar refractivity (Wildman–Crippen MR) is 114 cm³/mol. The SMILES string of the molecule is CC(C)n1nnc(Sc2ncc(Cl)s2)n1.CC(C)n1nnc(Sc2nccs2)n1. The molecule has 0 aliphatic carbocycles. The van der Waals surface area contributed by atoms with Crippen molar-refractivity contribution in [1.82, 2.24) is 50.4 Å². The Morgan fingerprint density at radius 2 is 1.48 bits per heavy atom. The fraction of sp³-hybridized carbons (Fsp3) is 0.429. The van der Waals surface area contributed by atoms with Gasteiger partial charge in [0, 0.05) is 11.6 Å². The smallest absolute Gasteiger partial charge is 0.238 e. The number of nitrogens with zero attached hydrogens (tertiary/aromatic N) is 10. The molecule has 0 amide bonds. The topological polar surface area (TPSA) is 113 Å². The zero-order valence-electron chi connectivity index (χ0n) is 15.9. The molecule has 0 radical (unpaired) electrons. The highest BCUT2D eigenvalue weighted by atomic mass is 35.5. The molecule has 0 unspecified atom stereocenters. The Morgan fingerprint density at radius 3 is 1.90 bits per heavy atom. The minimum Gasteiger partial charge on any atom is -0.238 e. The molecule has 15 heteroatoms. The van der Waals surface area contributed by atoms with Crippen molar-refractivity contribution in [3.05, 3.63) is 22.1 Å². The largest absolute Gasteiger partial charge is 0.238 e. The van der Waals surface area contributed by atoms with Crippen LogP contribution in [0, 0.1) is 0 Å². The summed E-state index contributed by atoms with van der Waals surface area (Å²) < 4.78 is 2.42. The molecule has 0 fully saturated rings. The third-order valence-electron chi connectivity index (χ3n) is 2.97. The second kappa shape index (κ2) is 10.4. The van der Waals surface area contributed by atoms with Gasteiger partial charge >= 0.3 is 0 Å². The summed E-state index contributed by atoms with van der Waals surface area (Å²) in [6, 6.07) is 0.458. The van der Waals surface area contributed by atoms with Gasteiger partial charge in [0.25, 0.3) is 0 Å². The summed E-state index contributed by atoms with van der Waals surface area (Å²) in [6.07, 6.45) is 3.38. The standard InChI is InChI=1S/C7H8ClN5S2.C7H9N5S2/c1-4(2)13-11-6(10-12-13)15-7-9-3-5(8)14-7;1-5(2)12-10-6(9-11-12)14-7-8-3-4-13-7/h3-4H,1-2H3;3-5H,1-2H3. The first-order valence-electron chi connectivity index (χ1n) is 8.36. The van der Waals surface area contributed by atoms with E-state index in [9.17, 15) is 0 Å². The van der Waals surface area contributed by atoms with Gasteiger partial charge in [0.1, 0.15) is 4.34 Å². The van der Waals surface area contributed by atoms with Gasteiger partial charge in [0.2, 0.25) is 10.3 Å². The molecule has 0 saturated carbocycles. The molecule has 0 bridgehead atoms. The lowest BCUT2D eigenvalue weighted by Gasteiger charge is -1.98. The van der Waals surface area contributed by atoms with Crippen LogP contribution in [0.25, 0.3) is 0 Å². The monoisotopic (exact) mass is 488 g/mol. The van der Waals surface area contributed by atoms with Crippen LogP contribution in [0.4, 0.5) is 0 Å². The van der Waals surface area contributed by atoms with Crippen LogP contribution < -0.4 is 0 Å². The number of tetrazole rings is 2. The van der Waals surface area contributed by atoms with Gasteiger partial charge in [-0.25, -0.2) is 9.97 Å². The van der Waals surface area contributed by atoms with E-state index in [1.807, 2.05) is 33.1 Å². The minimum atomic E-state index is 0.215. The summed E-state index contributed by atoms with van der Waals surface area (Å²) in [6.45, 7) is 8.02. The van der Waals surface area contributed by atoms with Crippen LogP contribution in [0.1, 0.15) is 39.8 Å². The number of thiazole rings is 2. The predicted octanol–water partition coefficient (Wildman–Crippen LogP) is 4.38. The number of halogens is 1. The first kappa shape index (κ1) is 22.1. The second-order valence-electron chi connectivity index (χ2n) is 5.90. The van der Waals surface area contributed by atoms with Crippen LogP contribution in [0.5, 0.6) is 0 Å². The Bertz CT molecular complexity index is 1010. The highest BCUT2D eigenvalue weighted by Gasteiger charge is 2.10. The van der Waals surface area contributed by atoms with Crippen molar-refractivity contribution in [1.29, 1.82) is 0 Å². The Hall–Kier alpha value is -1.61. The molecule has 4 heterocycles. The lowest BCUT2D eigenvalue weighted by Crippen LogP contribution is -2.04. The molecule has 0 atom stereocenters. The first-order valence-corrected chi connectivity index (χ1v) is 12.1. The number of aromatic nitrogens is 10. The van der Waals surface area contributed by atoms with Crippen molar-refractivity contribution < 1.29 is 0 Å². The molecule has 0 aliphatic rings. The first-order chi connectivity index (χ1) is 13.9. The summed E-state index contributed by atoms with van der Waals surface area (Å²) in [4.78, 5) is 11.4. The van der Waals surface area contributed by atoms with E-state index in [0.717, 1.165) is 8.68 Å². The maximum atomic E-state index is 5.76. The minimum absolute atomic E-state index is 0.215. The molecule has 29 heavy (non-hydrogen) atoms. The number of rotatable bonds is 6. The Balaban J connectivity index is 0.000000166. The molecule has 4 rings (SSSR count). The molecule has 10 nitrogen and oxygen atoms in total. The van der Waals surface area contributed by atoms with Crippen LogP contribution >= 0.6 is 57.8 Å². The van der Waals surface area contributed by atoms with E-state index in [0.29, 0.717) is 14.6 Å². The third kappa shape index (κ3) is 6.70. The van der Waals surface area contributed by atoms with E-state index in [-0.39, 0.29) is 12.1 Å². The second-order valence-corrected chi connectivity index (χ2v) is 10.9. The zero-order chi connectivity index (χ0) is 20.8. The van der Waals surface area contributed by atoms with Crippen molar-refractivity contribution in [2.24, 2.45) is 0 Å². The molecule has 0 aliphatic heterocycles. The Morgan fingerprint density at radius 1 is 0.897 bits per heavy atom. The van der Waals surface area contributed by atoms with Crippen LogP contribution in [0.2, 0.25) is 4.34 Å². The average Bonchev–Trinajstić information content (AvgIpc) is 3.45. The van der Waals surface area contributed by atoms with E-state index >= 15 is 0 Å². The van der Waals surface area contributed by atoms with Gasteiger partial charge in [-0.3, -0.25) is 0 Å². The quantitative estimate of drug-likeness (QED) is 0.387. The summed E-state index contributed by atoms with van der Waals surface area (Å²) >= 11 is 11.5. The van der Waals surface area contributed by atoms with E-state index in [1.54, 1.807) is 33.3 Å². The van der Waals surface area contributed by atoms with Crippen LogP contribution in [-0.4, -0.2) is 50.4 Å². The lowest BCUT2D eigenvalue weighted by atomic mass is 10.4. The van der Waals surface area contributed by atoms with Crippen molar-refractivity contribution in [3.63, 3.8) is 0 Å². The molecule has 4 aromatic heterocycles. The summed E-state index contributed by atoms with van der Waals surface area (Å²) in [5.41, 5.74) is 0. The normalized spacial score (nSPS) is 11.1. The van der Waals surface area contributed by atoms with E-state index in [4.69, 9.17) is 11.6 Å². The van der Waals surface area contributed by atoms with Gasteiger partial charge in [-0.1, -0.05) is 22.9 Å². The zero-order valence-corrected chi connectivity index (χ0v) is 19.9. The van der Waals surface area contributed by atoms with Gasteiger partial charge in [-0.2, -0.15) is 9.59 Å². The molecule has 0 aromatic carbocycles. The Labute approximate surface area is 188 Å². The fourth-order valence-electron chi connectivity index (χ4n) is 1.65. The molecule has 0 spiro atoms. The van der Waals surface area contributed by atoms with E-state index in [1.165, 1.54) is 34.9 Å². The molecule has 0 saturated heterocycles. The fourth-order valence-corrected chi connectivity index (χ4v) is 4.97. The summed E-state index contributed by atoms with van der Waals surface area (Å²) in [5.74, 6) is 0. The molecule has 4 aromatic rings. The molecule has 154 valence electrons. The summed E-state index contributed by atoms with van der Waals surface area (Å²) in [7, 11) is 0. The van der Waals surface area contributed by atoms with Crippen molar-refractivity contribution in [2.75, 3.05) is 0 Å². The maximum absolute atomic E-state index is 5.76. The van der Waals surface area contributed by atoms with Gasteiger partial charge in [-0.05, 0) is 61.6 Å². The maximum Gasteiger partial charge on any atom is 0.238 e. The van der Waals surface area contributed by atoms with Gasteiger partial charge < -0.3 is 0 Å². The number of hydrogen-bond acceptors (Lipinski definition) is 12. The van der Waals surface area contributed by atoms with E-state index in [2.05, 4.69) is 40.8 Å². The van der Waals surface area contributed by atoms with Crippen LogP contribution in [-0.2, 0) is 0 Å². The lowest BCUT2D eigenvalue weighted by molar-refractivity contribution is 0.452. The Kier molecular flexibility index (Phi) is 7.94.